The van der Waals surface area contributed by atoms with Gasteiger partial charge in [0.1, 0.15) is 5.41 Å². The van der Waals surface area contributed by atoms with Crippen LogP contribution in [-0.4, -0.2) is 29.4 Å². The van der Waals surface area contributed by atoms with E-state index in [1.807, 2.05) is 68.1 Å². The highest BCUT2D eigenvalue weighted by atomic mass is 16.5. The van der Waals surface area contributed by atoms with E-state index in [0.717, 1.165) is 16.7 Å². The molecule has 0 radical (unpaired) electrons. The third-order valence-electron chi connectivity index (χ3n) is 5.63. The predicted octanol–water partition coefficient (Wildman–Crippen LogP) is 3.65. The van der Waals surface area contributed by atoms with Gasteiger partial charge in [-0.3, -0.25) is 9.59 Å². The van der Waals surface area contributed by atoms with Crippen LogP contribution in [0.15, 0.2) is 48.5 Å². The number of ether oxygens (including phenoxy) is 1. The van der Waals surface area contributed by atoms with Crippen LogP contribution in [0, 0.1) is 0 Å². The van der Waals surface area contributed by atoms with Crippen molar-refractivity contribution in [2.75, 3.05) is 6.61 Å². The summed E-state index contributed by atoms with van der Waals surface area (Å²) in [6, 6.07) is 15.2. The zero-order valence-corrected chi connectivity index (χ0v) is 15.4. The fourth-order valence-corrected chi connectivity index (χ4v) is 4.66. The van der Waals surface area contributed by atoms with Gasteiger partial charge in [0.25, 0.3) is 5.91 Å². The lowest BCUT2D eigenvalue weighted by molar-refractivity contribution is -0.153. The molecule has 4 heteroatoms. The van der Waals surface area contributed by atoms with E-state index in [1.165, 1.54) is 0 Å². The third kappa shape index (κ3) is 2.08. The first kappa shape index (κ1) is 16.8. The molecule has 0 N–H and O–H groups in total. The summed E-state index contributed by atoms with van der Waals surface area (Å²) in [5, 5.41) is 0. The highest BCUT2D eigenvalue weighted by molar-refractivity contribution is 6.03. The summed E-state index contributed by atoms with van der Waals surface area (Å²) in [6.45, 7) is 6.15. The molecule has 26 heavy (non-hydrogen) atoms. The molecule has 0 spiro atoms. The molecule has 1 aliphatic heterocycles. The molecule has 2 aromatic rings. The van der Waals surface area contributed by atoms with Crippen LogP contribution in [0.2, 0.25) is 0 Å². The van der Waals surface area contributed by atoms with E-state index in [9.17, 15) is 9.59 Å². The largest absolute Gasteiger partial charge is 0.465 e. The first-order valence-corrected chi connectivity index (χ1v) is 9.19. The maximum Gasteiger partial charge on any atom is 0.319 e. The van der Waals surface area contributed by atoms with Crippen LogP contribution < -0.4 is 0 Å². The van der Waals surface area contributed by atoms with E-state index >= 15 is 0 Å². The molecule has 1 heterocycles. The second kappa shape index (κ2) is 5.97. The molecule has 0 aromatic heterocycles. The number of carbonyl (C=O) groups is 2. The Kier molecular flexibility index (Phi) is 3.87. The molecular weight excluding hydrogens is 326 g/mol. The molecule has 2 aromatic carbocycles. The standard InChI is InChI=1S/C22H23NO3/c1-4-26-21(25)22-13-15-9-5-6-10-16(15)19(22)23(14(2)3)20(24)17-11-7-8-12-18(17)22/h5-12,14,19H,4,13H2,1-3H3/t19-,22+/m1/s1. The SMILES string of the molecule is CCOC(=O)[C@]12Cc3ccccc3[C@H]1N(C(C)C)C(=O)c1ccccc12. The van der Waals surface area contributed by atoms with Crippen LogP contribution in [0.5, 0.6) is 0 Å². The van der Waals surface area contributed by atoms with Crippen molar-refractivity contribution in [3.8, 4) is 0 Å². The monoisotopic (exact) mass is 349 g/mol. The quantitative estimate of drug-likeness (QED) is 0.795. The normalized spacial score (nSPS) is 23.5. The number of nitrogens with zero attached hydrogens (tertiary/aromatic N) is 1. The number of hydrogen-bond donors (Lipinski definition) is 0. The van der Waals surface area contributed by atoms with E-state index in [0.29, 0.717) is 18.6 Å². The Balaban J connectivity index is 2.05. The molecular formula is C22H23NO3. The molecule has 2 atom stereocenters. The van der Waals surface area contributed by atoms with Crippen molar-refractivity contribution >= 4 is 11.9 Å². The average Bonchev–Trinajstić information content (AvgIpc) is 2.98. The minimum Gasteiger partial charge on any atom is -0.465 e. The maximum atomic E-state index is 13.3. The van der Waals surface area contributed by atoms with Crippen LogP contribution in [0.3, 0.4) is 0 Å². The Morgan fingerprint density at radius 1 is 1.19 bits per heavy atom. The summed E-state index contributed by atoms with van der Waals surface area (Å²) in [6.07, 6.45) is 0.556. The van der Waals surface area contributed by atoms with Crippen molar-refractivity contribution in [3.63, 3.8) is 0 Å². The number of hydrogen-bond acceptors (Lipinski definition) is 3. The molecule has 0 saturated carbocycles. The molecule has 4 nitrogen and oxygen atoms in total. The second-order valence-electron chi connectivity index (χ2n) is 7.32. The molecule has 0 fully saturated rings. The molecule has 1 aliphatic carbocycles. The van der Waals surface area contributed by atoms with Gasteiger partial charge in [0, 0.05) is 11.6 Å². The van der Waals surface area contributed by atoms with Crippen molar-refractivity contribution < 1.29 is 14.3 Å². The maximum absolute atomic E-state index is 13.3. The Morgan fingerprint density at radius 2 is 1.88 bits per heavy atom. The number of fused-ring (bicyclic) bond motifs is 5. The zero-order valence-electron chi connectivity index (χ0n) is 15.4. The minimum atomic E-state index is -0.880. The fourth-order valence-electron chi connectivity index (χ4n) is 4.66. The number of amides is 1. The molecule has 0 saturated heterocycles. The summed E-state index contributed by atoms with van der Waals surface area (Å²) in [5.74, 6) is -0.260. The highest BCUT2D eigenvalue weighted by Gasteiger charge is 2.61. The number of rotatable bonds is 3. The summed E-state index contributed by atoms with van der Waals surface area (Å²) in [4.78, 5) is 28.5. The summed E-state index contributed by atoms with van der Waals surface area (Å²) in [5.41, 5.74) is 2.69. The van der Waals surface area contributed by atoms with Crippen LogP contribution in [0.1, 0.15) is 53.9 Å². The predicted molar refractivity (Wildman–Crippen MR) is 98.9 cm³/mol. The van der Waals surface area contributed by atoms with Gasteiger partial charge in [0.2, 0.25) is 0 Å². The Bertz CT molecular complexity index is 888. The third-order valence-corrected chi connectivity index (χ3v) is 5.63. The lowest BCUT2D eigenvalue weighted by atomic mass is 9.69. The van der Waals surface area contributed by atoms with Gasteiger partial charge in [-0.25, -0.2) is 0 Å². The highest BCUT2D eigenvalue weighted by Crippen LogP contribution is 2.55. The van der Waals surface area contributed by atoms with Gasteiger partial charge in [0.05, 0.1) is 12.6 Å². The van der Waals surface area contributed by atoms with Gasteiger partial charge >= 0.3 is 5.97 Å². The van der Waals surface area contributed by atoms with Crippen LogP contribution in [0.4, 0.5) is 0 Å². The first-order valence-electron chi connectivity index (χ1n) is 9.19. The minimum absolute atomic E-state index is 0.0165. The lowest BCUT2D eigenvalue weighted by Gasteiger charge is -2.47. The van der Waals surface area contributed by atoms with E-state index in [1.54, 1.807) is 0 Å². The zero-order chi connectivity index (χ0) is 18.5. The molecule has 134 valence electrons. The Labute approximate surface area is 153 Å². The van der Waals surface area contributed by atoms with Crippen molar-refractivity contribution in [2.45, 2.75) is 44.7 Å². The molecule has 1 amide bonds. The number of carbonyl (C=O) groups excluding carboxylic acids is 2. The summed E-state index contributed by atoms with van der Waals surface area (Å²) < 4.78 is 5.56. The number of esters is 1. The van der Waals surface area contributed by atoms with E-state index in [4.69, 9.17) is 4.74 Å². The van der Waals surface area contributed by atoms with Crippen molar-refractivity contribution in [1.82, 2.24) is 4.90 Å². The Hall–Kier alpha value is -2.62. The van der Waals surface area contributed by atoms with E-state index in [-0.39, 0.29) is 24.0 Å². The molecule has 0 bridgehead atoms. The lowest BCUT2D eigenvalue weighted by Crippen LogP contribution is -2.56. The average molecular weight is 349 g/mol. The summed E-state index contributed by atoms with van der Waals surface area (Å²) in [7, 11) is 0. The van der Waals surface area contributed by atoms with Gasteiger partial charge in [-0.15, -0.1) is 0 Å². The van der Waals surface area contributed by atoms with Gasteiger partial charge in [0.15, 0.2) is 0 Å². The first-order chi connectivity index (χ1) is 12.5. The fraction of sp³-hybridized carbons (Fsp3) is 0.364. The van der Waals surface area contributed by atoms with Crippen molar-refractivity contribution in [1.29, 1.82) is 0 Å². The Morgan fingerprint density at radius 3 is 2.62 bits per heavy atom. The van der Waals surface area contributed by atoms with Crippen molar-refractivity contribution in [3.05, 3.63) is 70.8 Å². The van der Waals surface area contributed by atoms with Gasteiger partial charge < -0.3 is 9.64 Å². The number of benzene rings is 2. The summed E-state index contributed by atoms with van der Waals surface area (Å²) >= 11 is 0. The van der Waals surface area contributed by atoms with Crippen molar-refractivity contribution in [2.24, 2.45) is 0 Å². The van der Waals surface area contributed by atoms with Crippen LogP contribution in [-0.2, 0) is 21.4 Å². The molecule has 0 unspecified atom stereocenters. The molecule has 4 rings (SSSR count). The van der Waals surface area contributed by atoms with Gasteiger partial charge in [-0.05, 0) is 49.9 Å². The smallest absolute Gasteiger partial charge is 0.319 e. The topological polar surface area (TPSA) is 46.6 Å². The van der Waals surface area contributed by atoms with Gasteiger partial charge in [-0.1, -0.05) is 42.5 Å². The molecule has 2 aliphatic rings. The van der Waals surface area contributed by atoms with Gasteiger partial charge in [-0.2, -0.15) is 0 Å². The van der Waals surface area contributed by atoms with E-state index in [2.05, 4.69) is 6.07 Å². The van der Waals surface area contributed by atoms with Crippen LogP contribution >= 0.6 is 0 Å². The van der Waals surface area contributed by atoms with E-state index < -0.39 is 5.41 Å². The van der Waals surface area contributed by atoms with Crippen LogP contribution in [0.25, 0.3) is 0 Å². The second-order valence-corrected chi connectivity index (χ2v) is 7.32.